The van der Waals surface area contributed by atoms with E-state index in [1.54, 1.807) is 12.1 Å². The molecule has 5 nitrogen and oxygen atoms in total. The van der Waals surface area contributed by atoms with Crippen LogP contribution in [0.15, 0.2) is 29.2 Å². The summed E-state index contributed by atoms with van der Waals surface area (Å²) in [6, 6.07) is 6.34. The average molecular weight is 318 g/mol. The zero-order valence-corrected chi connectivity index (χ0v) is 12.4. The third kappa shape index (κ3) is 4.47. The summed E-state index contributed by atoms with van der Waals surface area (Å²) >= 11 is 0. The van der Waals surface area contributed by atoms with E-state index in [9.17, 15) is 13.2 Å². The van der Waals surface area contributed by atoms with Crippen LogP contribution in [0.5, 0.6) is 0 Å². The molecule has 7 heteroatoms. The first kappa shape index (κ1) is 15.3. The zero-order valence-electron chi connectivity index (χ0n) is 10.8. The molecular weight excluding hydrogens is 302 g/mol. The molecule has 1 atom stereocenters. The smallest absolute Gasteiger partial charge is 0.261 e. The molecule has 1 N–H and O–H groups in total. The largest absolute Gasteiger partial charge is 0.379 e. The van der Waals surface area contributed by atoms with E-state index < -0.39 is 9.05 Å². The van der Waals surface area contributed by atoms with Crippen LogP contribution in [-0.4, -0.2) is 33.6 Å². The Morgan fingerprint density at radius 2 is 2.05 bits per heavy atom. The molecule has 1 aliphatic heterocycles. The summed E-state index contributed by atoms with van der Waals surface area (Å²) in [7, 11) is 1.54. The van der Waals surface area contributed by atoms with Gasteiger partial charge in [0, 0.05) is 23.7 Å². The average Bonchev–Trinajstić information content (AvgIpc) is 2.88. The molecule has 1 aliphatic rings. The first-order chi connectivity index (χ1) is 9.45. The van der Waals surface area contributed by atoms with Gasteiger partial charge in [-0.3, -0.25) is 4.79 Å². The van der Waals surface area contributed by atoms with Gasteiger partial charge in [-0.05, 0) is 30.5 Å². The predicted octanol–water partition coefficient (Wildman–Crippen LogP) is 1.45. The lowest BCUT2D eigenvalue weighted by atomic mass is 10.1. The fourth-order valence-corrected chi connectivity index (χ4v) is 2.79. The summed E-state index contributed by atoms with van der Waals surface area (Å²) in [5.41, 5.74) is 0.895. The van der Waals surface area contributed by atoms with Crippen molar-refractivity contribution >= 4 is 25.6 Å². The van der Waals surface area contributed by atoms with Gasteiger partial charge in [-0.25, -0.2) is 8.42 Å². The van der Waals surface area contributed by atoms with E-state index >= 15 is 0 Å². The van der Waals surface area contributed by atoms with Gasteiger partial charge >= 0.3 is 0 Å². The van der Waals surface area contributed by atoms with Crippen molar-refractivity contribution in [1.29, 1.82) is 0 Å². The number of carbonyl (C=O) groups is 1. The van der Waals surface area contributed by atoms with Gasteiger partial charge in [0.1, 0.15) is 0 Å². The number of ether oxygens (including phenoxy) is 1. The lowest BCUT2D eigenvalue weighted by Crippen LogP contribution is -2.35. The zero-order chi connectivity index (χ0) is 14.6. The van der Waals surface area contributed by atoms with Gasteiger partial charge in [0.15, 0.2) is 0 Å². The van der Waals surface area contributed by atoms with Crippen molar-refractivity contribution in [2.45, 2.75) is 30.2 Å². The van der Waals surface area contributed by atoms with Gasteiger partial charge in [0.25, 0.3) is 9.05 Å². The molecule has 0 spiro atoms. The molecule has 1 aromatic rings. The van der Waals surface area contributed by atoms with Crippen molar-refractivity contribution in [2.24, 2.45) is 0 Å². The first-order valence-electron chi connectivity index (χ1n) is 6.36. The van der Waals surface area contributed by atoms with Crippen molar-refractivity contribution in [3.63, 3.8) is 0 Å². The highest BCUT2D eigenvalue weighted by atomic mass is 35.7. The Balaban J connectivity index is 1.83. The maximum Gasteiger partial charge on any atom is 0.261 e. The second-order valence-corrected chi connectivity index (χ2v) is 7.28. The SMILES string of the molecule is O=C(CCc1ccc(S(=O)(=O)Cl)cc1)NC1CCOC1. The highest BCUT2D eigenvalue weighted by Crippen LogP contribution is 2.16. The molecule has 1 heterocycles. The number of halogens is 1. The molecule has 20 heavy (non-hydrogen) atoms. The molecule has 1 amide bonds. The molecule has 110 valence electrons. The number of nitrogens with one attached hydrogen (secondary N) is 1. The minimum atomic E-state index is -3.69. The molecule has 0 saturated carbocycles. The van der Waals surface area contributed by atoms with Crippen LogP contribution in [0.1, 0.15) is 18.4 Å². The summed E-state index contributed by atoms with van der Waals surface area (Å²) in [5, 5.41) is 2.90. The van der Waals surface area contributed by atoms with Gasteiger partial charge in [0.05, 0.1) is 17.5 Å². The number of benzene rings is 1. The Morgan fingerprint density at radius 3 is 2.60 bits per heavy atom. The Morgan fingerprint density at radius 1 is 1.35 bits per heavy atom. The van der Waals surface area contributed by atoms with E-state index in [1.807, 2.05) is 0 Å². The summed E-state index contributed by atoms with van der Waals surface area (Å²) in [4.78, 5) is 11.8. The monoisotopic (exact) mass is 317 g/mol. The van der Waals surface area contributed by atoms with E-state index in [-0.39, 0.29) is 16.8 Å². The maximum atomic E-state index is 11.7. The molecular formula is C13H16ClNO4S. The molecule has 1 aromatic carbocycles. The van der Waals surface area contributed by atoms with Crippen LogP contribution in [0, 0.1) is 0 Å². The fourth-order valence-electron chi connectivity index (χ4n) is 2.02. The minimum Gasteiger partial charge on any atom is -0.379 e. The van der Waals surface area contributed by atoms with E-state index in [0.29, 0.717) is 26.1 Å². The molecule has 0 bridgehead atoms. The van der Waals surface area contributed by atoms with Crippen LogP contribution in [0.25, 0.3) is 0 Å². The third-order valence-corrected chi connectivity index (χ3v) is 4.51. The molecule has 0 aromatic heterocycles. The number of amides is 1. The van der Waals surface area contributed by atoms with E-state index in [4.69, 9.17) is 15.4 Å². The number of hydrogen-bond acceptors (Lipinski definition) is 4. The minimum absolute atomic E-state index is 0.0189. The molecule has 1 saturated heterocycles. The number of carbonyl (C=O) groups excluding carboxylic acids is 1. The Labute approximate surface area is 122 Å². The van der Waals surface area contributed by atoms with Crippen molar-refractivity contribution in [3.05, 3.63) is 29.8 Å². The van der Waals surface area contributed by atoms with Crippen LogP contribution in [0.2, 0.25) is 0 Å². The van der Waals surface area contributed by atoms with Gasteiger partial charge in [-0.1, -0.05) is 12.1 Å². The normalized spacial score (nSPS) is 18.9. The second kappa shape index (κ2) is 6.56. The molecule has 0 radical (unpaired) electrons. The van der Waals surface area contributed by atoms with E-state index in [1.165, 1.54) is 12.1 Å². The Bertz CT molecular complexity index is 565. The molecule has 0 aliphatic carbocycles. The second-order valence-electron chi connectivity index (χ2n) is 4.71. The molecule has 1 fully saturated rings. The summed E-state index contributed by atoms with van der Waals surface area (Å²) in [6.07, 6.45) is 1.78. The number of aryl methyl sites for hydroxylation is 1. The summed E-state index contributed by atoms with van der Waals surface area (Å²) < 4.78 is 27.4. The van der Waals surface area contributed by atoms with Gasteiger partial charge in [-0.15, -0.1) is 0 Å². The van der Waals surface area contributed by atoms with Crippen molar-refractivity contribution in [3.8, 4) is 0 Å². The van der Waals surface area contributed by atoms with Crippen LogP contribution in [0.4, 0.5) is 0 Å². The quantitative estimate of drug-likeness (QED) is 0.834. The van der Waals surface area contributed by atoms with Gasteiger partial charge < -0.3 is 10.1 Å². The topological polar surface area (TPSA) is 72.5 Å². The summed E-state index contributed by atoms with van der Waals surface area (Å²) in [5.74, 6) is -0.0189. The Kier molecular flexibility index (Phi) is 5.01. The van der Waals surface area contributed by atoms with Crippen LogP contribution in [0.3, 0.4) is 0 Å². The molecule has 1 unspecified atom stereocenters. The van der Waals surface area contributed by atoms with E-state index in [0.717, 1.165) is 12.0 Å². The maximum absolute atomic E-state index is 11.7. The summed E-state index contributed by atoms with van der Waals surface area (Å²) in [6.45, 7) is 1.27. The predicted molar refractivity (Wildman–Crippen MR) is 75.2 cm³/mol. The van der Waals surface area contributed by atoms with Crippen LogP contribution in [-0.2, 0) is 25.0 Å². The highest BCUT2D eigenvalue weighted by Gasteiger charge is 2.17. The van der Waals surface area contributed by atoms with Crippen LogP contribution < -0.4 is 5.32 Å². The van der Waals surface area contributed by atoms with E-state index in [2.05, 4.69) is 5.32 Å². The van der Waals surface area contributed by atoms with Crippen molar-refractivity contribution < 1.29 is 17.9 Å². The van der Waals surface area contributed by atoms with Crippen LogP contribution >= 0.6 is 10.7 Å². The molecule has 2 rings (SSSR count). The highest BCUT2D eigenvalue weighted by molar-refractivity contribution is 8.13. The fraction of sp³-hybridized carbons (Fsp3) is 0.462. The first-order valence-corrected chi connectivity index (χ1v) is 8.67. The Hall–Kier alpha value is -1.11. The lowest BCUT2D eigenvalue weighted by Gasteiger charge is -2.10. The third-order valence-electron chi connectivity index (χ3n) is 3.14. The van der Waals surface area contributed by atoms with Gasteiger partial charge in [-0.2, -0.15) is 0 Å². The van der Waals surface area contributed by atoms with Gasteiger partial charge in [0.2, 0.25) is 5.91 Å². The number of rotatable bonds is 5. The standard InChI is InChI=1S/C13H16ClNO4S/c14-20(17,18)12-4-1-10(2-5-12)3-6-13(16)15-11-7-8-19-9-11/h1-2,4-5,11H,3,6-9H2,(H,15,16). The number of hydrogen-bond donors (Lipinski definition) is 1. The van der Waals surface area contributed by atoms with Crippen molar-refractivity contribution in [1.82, 2.24) is 5.32 Å². The lowest BCUT2D eigenvalue weighted by molar-refractivity contribution is -0.121. The van der Waals surface area contributed by atoms with Crippen molar-refractivity contribution in [2.75, 3.05) is 13.2 Å².